The van der Waals surface area contributed by atoms with E-state index in [1.807, 2.05) is 26.8 Å². The highest BCUT2D eigenvalue weighted by Crippen LogP contribution is 2.30. The van der Waals surface area contributed by atoms with E-state index >= 15 is 0 Å². The smallest absolute Gasteiger partial charge is 0.410 e. The van der Waals surface area contributed by atoms with Crippen molar-refractivity contribution in [1.29, 1.82) is 0 Å². The van der Waals surface area contributed by atoms with E-state index in [9.17, 15) is 14.4 Å². The summed E-state index contributed by atoms with van der Waals surface area (Å²) in [6.45, 7) is 7.25. The van der Waals surface area contributed by atoms with Gasteiger partial charge in [-0.05, 0) is 45.2 Å². The van der Waals surface area contributed by atoms with Gasteiger partial charge < -0.3 is 19.9 Å². The lowest BCUT2D eigenvalue weighted by atomic mass is 10.1. The van der Waals surface area contributed by atoms with Crippen molar-refractivity contribution in [3.63, 3.8) is 0 Å². The SMILES string of the molecule is CN(CC1CCN(C(=O)OC(C)(C)C)C1)C(=O)c1ccc2c(n1)NC(=O)CS2. The van der Waals surface area contributed by atoms with Crippen molar-refractivity contribution < 1.29 is 19.1 Å². The van der Waals surface area contributed by atoms with Crippen LogP contribution in [0, 0.1) is 5.92 Å². The molecule has 1 unspecified atom stereocenters. The summed E-state index contributed by atoms with van der Waals surface area (Å²) in [5.41, 5.74) is -0.223. The van der Waals surface area contributed by atoms with Gasteiger partial charge in [-0.25, -0.2) is 9.78 Å². The van der Waals surface area contributed by atoms with Crippen LogP contribution in [-0.4, -0.2) is 70.7 Å². The highest BCUT2D eigenvalue weighted by atomic mass is 32.2. The van der Waals surface area contributed by atoms with Crippen LogP contribution in [-0.2, 0) is 9.53 Å². The number of nitrogens with one attached hydrogen (secondary N) is 1. The number of fused-ring (bicyclic) bond motifs is 1. The second-order valence-corrected chi connectivity index (χ2v) is 9.16. The minimum atomic E-state index is -0.520. The molecule has 0 spiro atoms. The molecule has 1 N–H and O–H groups in total. The zero-order chi connectivity index (χ0) is 20.5. The molecule has 1 aromatic rings. The predicted octanol–water partition coefficient (Wildman–Crippen LogP) is 2.45. The summed E-state index contributed by atoms with van der Waals surface area (Å²) in [7, 11) is 1.73. The Labute approximate surface area is 169 Å². The fraction of sp³-hybridized carbons (Fsp3) is 0.579. The number of aromatic nitrogens is 1. The number of likely N-dealkylation sites (tertiary alicyclic amines) is 1. The summed E-state index contributed by atoms with van der Waals surface area (Å²) < 4.78 is 5.41. The number of ether oxygens (including phenoxy) is 1. The van der Waals surface area contributed by atoms with Gasteiger partial charge in [-0.2, -0.15) is 0 Å². The van der Waals surface area contributed by atoms with Crippen LogP contribution in [0.1, 0.15) is 37.7 Å². The van der Waals surface area contributed by atoms with Gasteiger partial charge in [-0.3, -0.25) is 9.59 Å². The quantitative estimate of drug-likeness (QED) is 0.829. The fourth-order valence-corrected chi connectivity index (χ4v) is 3.98. The molecule has 2 aliphatic heterocycles. The first-order valence-electron chi connectivity index (χ1n) is 9.29. The zero-order valence-electron chi connectivity index (χ0n) is 16.7. The average molecular weight is 407 g/mol. The van der Waals surface area contributed by atoms with Gasteiger partial charge in [0.05, 0.1) is 10.6 Å². The molecule has 1 aromatic heterocycles. The Balaban J connectivity index is 1.57. The van der Waals surface area contributed by atoms with E-state index < -0.39 is 5.60 Å². The van der Waals surface area contributed by atoms with Crippen molar-refractivity contribution in [1.82, 2.24) is 14.8 Å². The lowest BCUT2D eigenvalue weighted by molar-refractivity contribution is -0.113. The third-order valence-corrected chi connectivity index (χ3v) is 5.56. The van der Waals surface area contributed by atoms with Crippen LogP contribution in [0.25, 0.3) is 0 Å². The van der Waals surface area contributed by atoms with Crippen molar-refractivity contribution in [3.05, 3.63) is 17.8 Å². The van der Waals surface area contributed by atoms with Crippen LogP contribution >= 0.6 is 11.8 Å². The summed E-state index contributed by atoms with van der Waals surface area (Å²) in [6, 6.07) is 3.50. The third-order valence-electron chi connectivity index (χ3n) is 4.51. The van der Waals surface area contributed by atoms with E-state index in [4.69, 9.17) is 4.74 Å². The first kappa shape index (κ1) is 20.4. The number of carbonyl (C=O) groups excluding carboxylic acids is 3. The number of anilines is 1. The Kier molecular flexibility index (Phi) is 5.83. The number of hydrogen-bond acceptors (Lipinski definition) is 6. The van der Waals surface area contributed by atoms with Crippen LogP contribution in [0.15, 0.2) is 17.0 Å². The minimum absolute atomic E-state index is 0.115. The number of rotatable bonds is 3. The standard InChI is InChI=1S/C19H26N4O4S/c1-19(2,3)27-18(26)23-8-7-12(10-23)9-22(4)17(25)13-5-6-14-16(20-13)21-15(24)11-28-14/h5-6,12H,7-11H2,1-4H3,(H,20,21,24). The molecular weight excluding hydrogens is 380 g/mol. The van der Waals surface area contributed by atoms with Crippen molar-refractivity contribution in [2.75, 3.05) is 37.8 Å². The van der Waals surface area contributed by atoms with E-state index in [2.05, 4.69) is 10.3 Å². The first-order chi connectivity index (χ1) is 13.1. The fourth-order valence-electron chi connectivity index (χ4n) is 3.22. The van der Waals surface area contributed by atoms with Gasteiger partial charge >= 0.3 is 6.09 Å². The van der Waals surface area contributed by atoms with Gasteiger partial charge in [-0.1, -0.05) is 0 Å². The average Bonchev–Trinajstić information content (AvgIpc) is 3.07. The highest BCUT2D eigenvalue weighted by Gasteiger charge is 2.31. The lowest BCUT2D eigenvalue weighted by Gasteiger charge is -2.25. The molecule has 2 aliphatic rings. The summed E-state index contributed by atoms with van der Waals surface area (Å²) in [5.74, 6) is 0.670. The monoisotopic (exact) mass is 406 g/mol. The second kappa shape index (κ2) is 7.98. The maximum Gasteiger partial charge on any atom is 0.410 e. The van der Waals surface area contributed by atoms with Crippen LogP contribution in [0.3, 0.4) is 0 Å². The Hall–Kier alpha value is -2.29. The normalized spacial score (nSPS) is 19.1. The number of nitrogens with zero attached hydrogens (tertiary/aromatic N) is 3. The summed E-state index contributed by atoms with van der Waals surface area (Å²) in [6.07, 6.45) is 0.509. The van der Waals surface area contributed by atoms with Crippen LogP contribution in [0.2, 0.25) is 0 Å². The van der Waals surface area contributed by atoms with Gasteiger partial charge in [0, 0.05) is 26.7 Å². The van der Waals surface area contributed by atoms with E-state index in [-0.39, 0.29) is 23.8 Å². The third kappa shape index (κ3) is 4.95. The molecule has 8 nitrogen and oxygen atoms in total. The maximum atomic E-state index is 12.7. The molecule has 28 heavy (non-hydrogen) atoms. The van der Waals surface area contributed by atoms with Crippen LogP contribution in [0.4, 0.5) is 10.6 Å². The Morgan fingerprint density at radius 3 is 2.86 bits per heavy atom. The van der Waals surface area contributed by atoms with Gasteiger partial charge in [0.2, 0.25) is 5.91 Å². The first-order valence-corrected chi connectivity index (χ1v) is 10.3. The molecule has 1 fully saturated rings. The van der Waals surface area contributed by atoms with Gasteiger partial charge in [0.15, 0.2) is 0 Å². The highest BCUT2D eigenvalue weighted by molar-refractivity contribution is 8.00. The van der Waals surface area contributed by atoms with Gasteiger partial charge in [0.25, 0.3) is 5.91 Å². The molecular formula is C19H26N4O4S. The number of pyridine rings is 1. The number of amides is 3. The van der Waals surface area contributed by atoms with Gasteiger partial charge in [-0.15, -0.1) is 11.8 Å². The molecule has 0 saturated carbocycles. The lowest BCUT2D eigenvalue weighted by Crippen LogP contribution is -2.37. The molecule has 0 radical (unpaired) electrons. The number of carbonyl (C=O) groups is 3. The van der Waals surface area contributed by atoms with E-state index in [1.165, 1.54) is 11.8 Å². The Bertz CT molecular complexity index is 793. The summed E-state index contributed by atoms with van der Waals surface area (Å²) in [5, 5.41) is 2.70. The molecule has 0 aromatic carbocycles. The van der Waals surface area contributed by atoms with Crippen molar-refractivity contribution in [3.8, 4) is 0 Å². The molecule has 3 amide bonds. The molecule has 152 valence electrons. The minimum Gasteiger partial charge on any atom is -0.444 e. The van der Waals surface area contributed by atoms with Crippen molar-refractivity contribution >= 4 is 35.5 Å². The van der Waals surface area contributed by atoms with E-state index in [1.54, 1.807) is 22.9 Å². The number of hydrogen-bond donors (Lipinski definition) is 1. The molecule has 1 atom stereocenters. The predicted molar refractivity (Wildman–Crippen MR) is 106 cm³/mol. The number of thioether (sulfide) groups is 1. The van der Waals surface area contributed by atoms with Gasteiger partial charge in [0.1, 0.15) is 17.1 Å². The van der Waals surface area contributed by atoms with Crippen LogP contribution < -0.4 is 5.32 Å². The molecule has 0 bridgehead atoms. The molecule has 0 aliphatic carbocycles. The summed E-state index contributed by atoms with van der Waals surface area (Å²) >= 11 is 1.41. The van der Waals surface area contributed by atoms with Crippen molar-refractivity contribution in [2.45, 2.75) is 37.7 Å². The zero-order valence-corrected chi connectivity index (χ0v) is 17.5. The molecule has 3 rings (SSSR count). The Morgan fingerprint density at radius 1 is 1.39 bits per heavy atom. The molecule has 3 heterocycles. The maximum absolute atomic E-state index is 12.7. The second-order valence-electron chi connectivity index (χ2n) is 8.15. The Morgan fingerprint density at radius 2 is 2.14 bits per heavy atom. The largest absolute Gasteiger partial charge is 0.444 e. The van der Waals surface area contributed by atoms with E-state index in [0.29, 0.717) is 36.9 Å². The summed E-state index contributed by atoms with van der Waals surface area (Å²) in [4.78, 5) is 45.0. The molecule has 1 saturated heterocycles. The molecule has 9 heteroatoms. The topological polar surface area (TPSA) is 91.8 Å². The van der Waals surface area contributed by atoms with Crippen molar-refractivity contribution in [2.24, 2.45) is 5.92 Å². The van der Waals surface area contributed by atoms with Crippen LogP contribution in [0.5, 0.6) is 0 Å². The van der Waals surface area contributed by atoms with E-state index in [0.717, 1.165) is 11.3 Å².